The number of sulfonamides is 1. The van der Waals surface area contributed by atoms with Gasteiger partial charge in [-0.2, -0.15) is 22.0 Å². The van der Waals surface area contributed by atoms with Crippen LogP contribution in [0.1, 0.15) is 15.9 Å². The van der Waals surface area contributed by atoms with E-state index in [0.717, 1.165) is 0 Å². The lowest BCUT2D eigenvalue weighted by molar-refractivity contribution is -0.137. The number of halogens is 5. The van der Waals surface area contributed by atoms with Gasteiger partial charge in [-0.3, -0.25) is 4.72 Å². The molecule has 1 rings (SSSR count). The van der Waals surface area contributed by atoms with Crippen LogP contribution in [-0.4, -0.2) is 25.3 Å². The van der Waals surface area contributed by atoms with Crippen LogP contribution < -0.4 is 4.72 Å². The molecule has 0 radical (unpaired) electrons. The lowest BCUT2D eigenvalue weighted by Crippen LogP contribution is -2.22. The van der Waals surface area contributed by atoms with Crippen molar-refractivity contribution < 1.29 is 40.3 Å². The first-order valence-corrected chi connectivity index (χ1v) is 6.24. The number of carboxylic acids is 1. The molecule has 0 heterocycles. The van der Waals surface area contributed by atoms with Gasteiger partial charge in [-0.15, -0.1) is 0 Å². The average Bonchev–Trinajstić information content (AvgIpc) is 2.26. The third kappa shape index (κ3) is 3.56. The Labute approximate surface area is 109 Å². The Kier molecular flexibility index (Phi) is 4.22. The van der Waals surface area contributed by atoms with Crippen LogP contribution in [-0.2, 0) is 16.2 Å². The van der Waals surface area contributed by atoms with Crippen molar-refractivity contribution in [1.82, 2.24) is 0 Å². The fraction of sp³-hybridized carbons (Fsp3) is 0.222. The highest BCUT2D eigenvalue weighted by Gasteiger charge is 2.33. The topological polar surface area (TPSA) is 83.5 Å². The molecule has 0 aliphatic heterocycles. The van der Waals surface area contributed by atoms with Gasteiger partial charge in [0.05, 0.1) is 16.8 Å². The number of rotatable bonds is 4. The van der Waals surface area contributed by atoms with Crippen molar-refractivity contribution in [2.75, 3.05) is 4.72 Å². The predicted octanol–water partition coefficient (Wildman–Crippen LogP) is 2.37. The van der Waals surface area contributed by atoms with Crippen molar-refractivity contribution >= 4 is 21.7 Å². The van der Waals surface area contributed by atoms with Crippen LogP contribution in [0.25, 0.3) is 0 Å². The summed E-state index contributed by atoms with van der Waals surface area (Å²) in [6, 6.07) is 0.966. The molecule has 112 valence electrons. The zero-order valence-electron chi connectivity index (χ0n) is 9.28. The molecule has 0 aromatic heterocycles. The molecule has 0 atom stereocenters. The molecule has 0 aliphatic rings. The van der Waals surface area contributed by atoms with Gasteiger partial charge in [-0.25, -0.2) is 13.2 Å². The summed E-state index contributed by atoms with van der Waals surface area (Å²) in [6.07, 6.45) is -4.86. The van der Waals surface area contributed by atoms with Crippen LogP contribution in [0.5, 0.6) is 0 Å². The Bertz CT molecular complexity index is 626. The van der Waals surface area contributed by atoms with Gasteiger partial charge in [0.2, 0.25) is 0 Å². The standard InChI is InChI=1S/C9H6F5NO4S/c10-8(11)20(18,19)15-6-2-1-4(9(12,13)14)3-5(6)7(16)17/h1-3,8,15H,(H,16,17). The zero-order chi connectivity index (χ0) is 15.7. The quantitative estimate of drug-likeness (QED) is 0.835. The summed E-state index contributed by atoms with van der Waals surface area (Å²) in [7, 11) is -5.18. The van der Waals surface area contributed by atoms with Crippen LogP contribution in [0.4, 0.5) is 27.6 Å². The van der Waals surface area contributed by atoms with E-state index in [9.17, 15) is 35.2 Å². The second-order valence-corrected chi connectivity index (χ2v) is 5.12. The molecular formula is C9H6F5NO4S. The summed E-state index contributed by atoms with van der Waals surface area (Å²) < 4.78 is 84.4. The molecule has 0 unspecified atom stereocenters. The number of hydrogen-bond acceptors (Lipinski definition) is 3. The van der Waals surface area contributed by atoms with Gasteiger partial charge in [0.1, 0.15) is 0 Å². The number of aromatic carboxylic acids is 1. The third-order valence-electron chi connectivity index (χ3n) is 2.06. The summed E-state index contributed by atoms with van der Waals surface area (Å²) in [5.41, 5.74) is -3.33. The molecule has 0 saturated carbocycles. The van der Waals surface area contributed by atoms with E-state index in [2.05, 4.69) is 0 Å². The fourth-order valence-corrected chi connectivity index (χ4v) is 1.76. The van der Waals surface area contributed by atoms with Crippen molar-refractivity contribution in [2.45, 2.75) is 11.9 Å². The number of hydrogen-bond donors (Lipinski definition) is 2. The fourth-order valence-electron chi connectivity index (χ4n) is 1.18. The summed E-state index contributed by atoms with van der Waals surface area (Å²) >= 11 is 0. The van der Waals surface area contributed by atoms with Gasteiger partial charge in [0.25, 0.3) is 10.0 Å². The van der Waals surface area contributed by atoms with E-state index in [-0.39, 0.29) is 6.07 Å². The van der Waals surface area contributed by atoms with E-state index >= 15 is 0 Å². The molecule has 5 nitrogen and oxygen atoms in total. The highest BCUT2D eigenvalue weighted by atomic mass is 32.2. The van der Waals surface area contributed by atoms with Crippen molar-refractivity contribution in [3.63, 3.8) is 0 Å². The molecule has 0 bridgehead atoms. The van der Waals surface area contributed by atoms with Crippen molar-refractivity contribution in [3.05, 3.63) is 29.3 Å². The van der Waals surface area contributed by atoms with Gasteiger partial charge in [0, 0.05) is 0 Å². The van der Waals surface area contributed by atoms with E-state index in [1.165, 1.54) is 4.72 Å². The van der Waals surface area contributed by atoms with Gasteiger partial charge in [-0.1, -0.05) is 0 Å². The number of nitrogens with one attached hydrogen (secondary N) is 1. The van der Waals surface area contributed by atoms with E-state index < -0.39 is 44.7 Å². The number of benzene rings is 1. The normalized spacial score (nSPS) is 12.5. The predicted molar refractivity (Wildman–Crippen MR) is 56.9 cm³/mol. The molecule has 0 aliphatic carbocycles. The highest BCUT2D eigenvalue weighted by molar-refractivity contribution is 7.93. The maximum Gasteiger partial charge on any atom is 0.416 e. The lowest BCUT2D eigenvalue weighted by atomic mass is 10.1. The Hall–Kier alpha value is -1.91. The Morgan fingerprint density at radius 3 is 2.20 bits per heavy atom. The lowest BCUT2D eigenvalue weighted by Gasteiger charge is -2.12. The molecule has 0 amide bonds. The molecule has 2 N–H and O–H groups in total. The highest BCUT2D eigenvalue weighted by Crippen LogP contribution is 2.32. The first kappa shape index (κ1) is 16.1. The van der Waals surface area contributed by atoms with Crippen LogP contribution in [0.3, 0.4) is 0 Å². The summed E-state index contributed by atoms with van der Waals surface area (Å²) in [5, 5.41) is 8.70. The van der Waals surface area contributed by atoms with E-state index in [0.29, 0.717) is 12.1 Å². The van der Waals surface area contributed by atoms with Crippen molar-refractivity contribution in [3.8, 4) is 0 Å². The van der Waals surface area contributed by atoms with Gasteiger partial charge < -0.3 is 5.11 Å². The van der Waals surface area contributed by atoms with Gasteiger partial charge in [0.15, 0.2) is 0 Å². The van der Waals surface area contributed by atoms with Crippen LogP contribution in [0.2, 0.25) is 0 Å². The van der Waals surface area contributed by atoms with E-state index in [1.54, 1.807) is 0 Å². The molecule has 11 heteroatoms. The minimum Gasteiger partial charge on any atom is -0.478 e. The molecule has 1 aromatic rings. The summed E-state index contributed by atoms with van der Waals surface area (Å²) in [5.74, 6) is -5.76. The third-order valence-corrected chi connectivity index (χ3v) is 3.04. The molecule has 0 fully saturated rings. The smallest absolute Gasteiger partial charge is 0.416 e. The SMILES string of the molecule is O=C(O)c1cc(C(F)(F)F)ccc1NS(=O)(=O)C(F)F. The first-order valence-electron chi connectivity index (χ1n) is 4.69. The number of anilines is 1. The van der Waals surface area contributed by atoms with Crippen LogP contribution >= 0.6 is 0 Å². The van der Waals surface area contributed by atoms with E-state index in [4.69, 9.17) is 5.11 Å². The summed E-state index contributed by atoms with van der Waals surface area (Å²) in [4.78, 5) is 10.8. The van der Waals surface area contributed by atoms with E-state index in [1.807, 2.05) is 0 Å². The minimum atomic E-state index is -5.18. The minimum absolute atomic E-state index is 0.145. The molecule has 0 saturated heterocycles. The Balaban J connectivity index is 3.32. The zero-order valence-corrected chi connectivity index (χ0v) is 10.1. The Morgan fingerprint density at radius 2 is 1.80 bits per heavy atom. The molecule has 20 heavy (non-hydrogen) atoms. The monoisotopic (exact) mass is 319 g/mol. The number of alkyl halides is 5. The second-order valence-electron chi connectivity index (χ2n) is 3.47. The number of carbonyl (C=O) groups is 1. The Morgan fingerprint density at radius 1 is 1.25 bits per heavy atom. The maximum atomic E-state index is 12.4. The molecular weight excluding hydrogens is 313 g/mol. The van der Waals surface area contributed by atoms with Gasteiger partial charge >= 0.3 is 17.9 Å². The average molecular weight is 319 g/mol. The maximum absolute atomic E-state index is 12.4. The first-order chi connectivity index (χ1) is 8.95. The largest absolute Gasteiger partial charge is 0.478 e. The van der Waals surface area contributed by atoms with Crippen molar-refractivity contribution in [1.29, 1.82) is 0 Å². The molecule has 1 aromatic carbocycles. The second kappa shape index (κ2) is 5.23. The number of carboxylic acid groups (broad SMARTS) is 1. The van der Waals surface area contributed by atoms with Crippen LogP contribution in [0.15, 0.2) is 18.2 Å². The van der Waals surface area contributed by atoms with Crippen LogP contribution in [0, 0.1) is 0 Å². The van der Waals surface area contributed by atoms with Crippen molar-refractivity contribution in [2.24, 2.45) is 0 Å². The summed E-state index contributed by atoms with van der Waals surface area (Å²) in [6.45, 7) is 0. The van der Waals surface area contributed by atoms with Gasteiger partial charge in [-0.05, 0) is 18.2 Å². The molecule has 0 spiro atoms.